The molecule has 4 aromatic rings. The van der Waals surface area contributed by atoms with E-state index in [2.05, 4.69) is 4.57 Å². The van der Waals surface area contributed by atoms with Crippen LogP contribution in [0.1, 0.15) is 56.6 Å². The van der Waals surface area contributed by atoms with Crippen molar-refractivity contribution in [1.82, 2.24) is 9.55 Å². The van der Waals surface area contributed by atoms with E-state index in [1.165, 1.54) is 6.07 Å². The van der Waals surface area contributed by atoms with E-state index in [1.54, 1.807) is 45.0 Å². The monoisotopic (exact) mass is 552 g/mol. The second-order valence-corrected chi connectivity index (χ2v) is 12.8. The second-order valence-electron chi connectivity index (χ2n) is 10.5. The Labute approximate surface area is 226 Å². The maximum absolute atomic E-state index is 14.3. The van der Waals surface area contributed by atoms with Crippen molar-refractivity contribution in [3.05, 3.63) is 89.2 Å². The van der Waals surface area contributed by atoms with Crippen LogP contribution < -0.4 is 4.74 Å². The highest BCUT2D eigenvalue weighted by atomic mass is 32.2. The molecule has 3 aromatic carbocycles. The SMILES string of the molecule is CCS(=O)(=O)c1ccc(CC(=O)Cc2ccc3c(c2)nc(C(C)(C)Oc2ccc(F)cc2F)n3C2CC2)cc1. The lowest BCUT2D eigenvalue weighted by Gasteiger charge is -2.27. The summed E-state index contributed by atoms with van der Waals surface area (Å²) < 4.78 is 59.9. The third-order valence-corrected chi connectivity index (χ3v) is 8.68. The van der Waals surface area contributed by atoms with Crippen LogP contribution in [0.3, 0.4) is 0 Å². The van der Waals surface area contributed by atoms with Crippen molar-refractivity contribution in [2.75, 3.05) is 5.75 Å². The molecule has 0 bridgehead atoms. The van der Waals surface area contributed by atoms with Gasteiger partial charge in [-0.25, -0.2) is 22.2 Å². The fourth-order valence-corrected chi connectivity index (χ4v) is 5.64. The van der Waals surface area contributed by atoms with E-state index in [-0.39, 0.29) is 41.1 Å². The number of sulfone groups is 1. The molecule has 9 heteroatoms. The highest BCUT2D eigenvalue weighted by molar-refractivity contribution is 7.91. The molecular weight excluding hydrogens is 522 g/mol. The van der Waals surface area contributed by atoms with Crippen LogP contribution in [0.25, 0.3) is 11.0 Å². The third kappa shape index (κ3) is 5.73. The normalized spacial score (nSPS) is 14.1. The predicted octanol–water partition coefficient (Wildman–Crippen LogP) is 6.11. The van der Waals surface area contributed by atoms with Gasteiger partial charge in [-0.3, -0.25) is 4.79 Å². The Balaban J connectivity index is 1.37. The van der Waals surface area contributed by atoms with Crippen LogP contribution in [-0.2, 0) is 33.1 Å². The van der Waals surface area contributed by atoms with Gasteiger partial charge in [0, 0.05) is 24.9 Å². The minimum atomic E-state index is -3.28. The van der Waals surface area contributed by atoms with Crippen LogP contribution in [0.4, 0.5) is 8.78 Å². The number of benzene rings is 3. The number of hydrogen-bond donors (Lipinski definition) is 0. The summed E-state index contributed by atoms with van der Waals surface area (Å²) in [6, 6.07) is 15.7. The lowest BCUT2D eigenvalue weighted by atomic mass is 10.0. The summed E-state index contributed by atoms with van der Waals surface area (Å²) >= 11 is 0. The molecule has 0 aliphatic heterocycles. The topological polar surface area (TPSA) is 78.3 Å². The van der Waals surface area contributed by atoms with Crippen molar-refractivity contribution < 1.29 is 26.7 Å². The van der Waals surface area contributed by atoms with Gasteiger partial charge in [-0.1, -0.05) is 25.1 Å². The van der Waals surface area contributed by atoms with Gasteiger partial charge in [0.05, 0.1) is 21.7 Å². The summed E-state index contributed by atoms with van der Waals surface area (Å²) in [5.74, 6) is -0.848. The number of halogens is 2. The van der Waals surface area contributed by atoms with Gasteiger partial charge < -0.3 is 9.30 Å². The zero-order chi connectivity index (χ0) is 27.9. The molecule has 1 fully saturated rings. The van der Waals surface area contributed by atoms with Gasteiger partial charge >= 0.3 is 0 Å². The minimum Gasteiger partial charge on any atom is -0.477 e. The molecule has 1 aromatic heterocycles. The standard InChI is InChI=1S/C30H30F2N2O4S/c1-4-39(36,37)24-11-5-19(6-12-24)15-23(35)16-20-7-13-27-26(17-20)33-29(34(27)22-9-10-22)30(2,3)38-28-14-8-21(31)18-25(28)32/h5-8,11-14,17-18,22H,4,9-10,15-16H2,1-3H3. The molecule has 0 spiro atoms. The lowest BCUT2D eigenvalue weighted by molar-refractivity contribution is -0.117. The Hall–Kier alpha value is -3.59. The lowest BCUT2D eigenvalue weighted by Crippen LogP contribution is -2.30. The van der Waals surface area contributed by atoms with Crippen LogP contribution >= 0.6 is 0 Å². The molecule has 39 heavy (non-hydrogen) atoms. The zero-order valence-electron chi connectivity index (χ0n) is 22.1. The molecule has 1 aliphatic carbocycles. The molecule has 1 heterocycles. The minimum absolute atomic E-state index is 0.00209. The maximum atomic E-state index is 14.3. The molecule has 0 saturated heterocycles. The van der Waals surface area contributed by atoms with E-state index >= 15 is 0 Å². The van der Waals surface area contributed by atoms with Crippen LogP contribution in [0, 0.1) is 11.6 Å². The summed E-state index contributed by atoms with van der Waals surface area (Å²) in [6.07, 6.45) is 2.39. The quantitative estimate of drug-likeness (QED) is 0.237. The van der Waals surface area contributed by atoms with E-state index in [0.29, 0.717) is 11.3 Å². The first-order valence-corrected chi connectivity index (χ1v) is 14.6. The molecule has 0 unspecified atom stereocenters. The molecule has 0 N–H and O–H groups in total. The van der Waals surface area contributed by atoms with Crippen LogP contribution in [-0.4, -0.2) is 29.5 Å². The van der Waals surface area contributed by atoms with E-state index in [4.69, 9.17) is 9.72 Å². The largest absolute Gasteiger partial charge is 0.477 e. The summed E-state index contributed by atoms with van der Waals surface area (Å²) in [4.78, 5) is 17.9. The van der Waals surface area contributed by atoms with Crippen molar-refractivity contribution in [3.63, 3.8) is 0 Å². The van der Waals surface area contributed by atoms with Gasteiger partial charge in [0.15, 0.2) is 32.8 Å². The summed E-state index contributed by atoms with van der Waals surface area (Å²) in [5, 5.41) is 0. The number of imidazole rings is 1. The number of nitrogens with zero attached hydrogens (tertiary/aromatic N) is 2. The number of ketones is 1. The molecule has 0 amide bonds. The Morgan fingerprint density at radius 3 is 2.31 bits per heavy atom. The first-order valence-electron chi connectivity index (χ1n) is 13.0. The highest BCUT2D eigenvalue weighted by Crippen LogP contribution is 2.42. The van der Waals surface area contributed by atoms with E-state index in [1.807, 2.05) is 18.2 Å². The summed E-state index contributed by atoms with van der Waals surface area (Å²) in [5.41, 5.74) is 2.19. The predicted molar refractivity (Wildman–Crippen MR) is 145 cm³/mol. The Morgan fingerprint density at radius 2 is 1.67 bits per heavy atom. The maximum Gasteiger partial charge on any atom is 0.178 e. The van der Waals surface area contributed by atoms with Crippen LogP contribution in [0.2, 0.25) is 0 Å². The van der Waals surface area contributed by atoms with Crippen molar-refractivity contribution in [2.45, 2.75) is 63.0 Å². The summed E-state index contributed by atoms with van der Waals surface area (Å²) in [6.45, 7) is 5.20. The first kappa shape index (κ1) is 27.0. The number of ether oxygens (including phenoxy) is 1. The zero-order valence-corrected chi connectivity index (χ0v) is 22.9. The van der Waals surface area contributed by atoms with Gasteiger partial charge in [-0.05, 0) is 74.2 Å². The third-order valence-electron chi connectivity index (χ3n) is 6.93. The van der Waals surface area contributed by atoms with Crippen molar-refractivity contribution >= 4 is 26.7 Å². The number of carbonyl (C=O) groups excluding carboxylic acids is 1. The van der Waals surface area contributed by atoms with Gasteiger partial charge in [0.25, 0.3) is 0 Å². The first-order chi connectivity index (χ1) is 18.5. The summed E-state index contributed by atoms with van der Waals surface area (Å²) in [7, 11) is -3.28. The van der Waals surface area contributed by atoms with E-state index < -0.39 is 27.1 Å². The Kier molecular flexibility index (Phi) is 7.05. The molecule has 1 saturated carbocycles. The molecule has 0 atom stereocenters. The van der Waals surface area contributed by atoms with Gasteiger partial charge in [0.2, 0.25) is 0 Å². The number of rotatable bonds is 10. The molecule has 0 radical (unpaired) electrons. The van der Waals surface area contributed by atoms with Gasteiger partial charge in [-0.2, -0.15) is 0 Å². The molecule has 6 nitrogen and oxygen atoms in total. The molecular formula is C30H30F2N2O4S. The van der Waals surface area contributed by atoms with Gasteiger partial charge in [-0.15, -0.1) is 0 Å². The highest BCUT2D eigenvalue weighted by Gasteiger charge is 2.36. The number of Topliss-reactive ketones (excluding diaryl/α,β-unsaturated/α-hetero) is 1. The Morgan fingerprint density at radius 1 is 1.00 bits per heavy atom. The molecule has 1 aliphatic rings. The van der Waals surface area contributed by atoms with Crippen molar-refractivity contribution in [1.29, 1.82) is 0 Å². The van der Waals surface area contributed by atoms with Crippen LogP contribution in [0.5, 0.6) is 5.75 Å². The van der Waals surface area contributed by atoms with E-state index in [9.17, 15) is 22.0 Å². The smallest absolute Gasteiger partial charge is 0.178 e. The number of carbonyl (C=O) groups is 1. The van der Waals surface area contributed by atoms with Crippen molar-refractivity contribution in [3.8, 4) is 5.75 Å². The van der Waals surface area contributed by atoms with Gasteiger partial charge in [0.1, 0.15) is 11.6 Å². The molecule has 5 rings (SSSR count). The number of aromatic nitrogens is 2. The molecule has 204 valence electrons. The fraction of sp³-hybridized carbons (Fsp3) is 0.333. The average Bonchev–Trinajstić information content (AvgIpc) is 3.65. The average molecular weight is 553 g/mol. The van der Waals surface area contributed by atoms with E-state index in [0.717, 1.165) is 41.6 Å². The number of fused-ring (bicyclic) bond motifs is 1. The second kappa shape index (κ2) is 10.2. The Bertz CT molecular complexity index is 1660. The fourth-order valence-electron chi connectivity index (χ4n) is 4.76. The van der Waals surface area contributed by atoms with Crippen LogP contribution in [0.15, 0.2) is 65.6 Å². The number of hydrogen-bond acceptors (Lipinski definition) is 5. The van der Waals surface area contributed by atoms with Crippen molar-refractivity contribution in [2.24, 2.45) is 0 Å².